The number of hydrogen-bond acceptors (Lipinski definition) is 7. The maximum absolute atomic E-state index is 12.8. The van der Waals surface area contributed by atoms with Crippen molar-refractivity contribution >= 4 is 19.8 Å². The Balaban J connectivity index is 4.08. The highest BCUT2D eigenvalue weighted by Crippen LogP contribution is 2.43. The van der Waals surface area contributed by atoms with Crippen LogP contribution in [0.15, 0.2) is 134 Å². The predicted molar refractivity (Wildman–Crippen MR) is 325 cm³/mol. The van der Waals surface area contributed by atoms with Gasteiger partial charge in [-0.3, -0.25) is 18.6 Å². The Morgan fingerprint density at radius 1 is 0.408 bits per heavy atom. The minimum atomic E-state index is -4.40. The Bertz CT molecular complexity index is 1740. The van der Waals surface area contributed by atoms with E-state index in [9.17, 15) is 19.0 Å². The molecule has 0 bridgehead atoms. The largest absolute Gasteiger partial charge is 0.472 e. The number of hydrogen-bond donors (Lipinski definition) is 1. The Labute approximate surface area is 466 Å². The minimum Gasteiger partial charge on any atom is -0.462 e. The van der Waals surface area contributed by atoms with Gasteiger partial charge < -0.3 is 18.9 Å². The molecular weight excluding hydrogens is 966 g/mol. The van der Waals surface area contributed by atoms with E-state index in [1.54, 1.807) is 0 Å². The minimum absolute atomic E-state index is 0.0191. The first kappa shape index (κ1) is 72.2. The molecular formula is C66H111NO8P+. The molecule has 1 N–H and O–H groups in total. The van der Waals surface area contributed by atoms with Crippen molar-refractivity contribution in [2.24, 2.45) is 0 Å². The van der Waals surface area contributed by atoms with E-state index in [2.05, 4.69) is 148 Å². The third kappa shape index (κ3) is 59.4. The average molecular weight is 1080 g/mol. The fourth-order valence-electron chi connectivity index (χ4n) is 7.63. The average Bonchev–Trinajstić information content (AvgIpc) is 3.38. The molecule has 0 heterocycles. The van der Waals surface area contributed by atoms with E-state index in [-0.39, 0.29) is 26.1 Å². The normalized spacial score (nSPS) is 14.2. The third-order valence-corrected chi connectivity index (χ3v) is 13.2. The van der Waals surface area contributed by atoms with Crippen molar-refractivity contribution in [1.29, 1.82) is 0 Å². The van der Waals surface area contributed by atoms with Gasteiger partial charge >= 0.3 is 19.8 Å². The number of phosphoric ester groups is 1. The fourth-order valence-corrected chi connectivity index (χ4v) is 8.37. The fraction of sp³-hybridized carbons (Fsp3) is 0.636. The second-order valence-corrected chi connectivity index (χ2v) is 22.1. The van der Waals surface area contributed by atoms with Crippen LogP contribution in [-0.2, 0) is 32.7 Å². The van der Waals surface area contributed by atoms with Gasteiger partial charge in [-0.25, -0.2) is 4.57 Å². The van der Waals surface area contributed by atoms with Crippen molar-refractivity contribution in [2.75, 3.05) is 47.5 Å². The van der Waals surface area contributed by atoms with Gasteiger partial charge in [-0.15, -0.1) is 0 Å². The number of rotatable bonds is 53. The van der Waals surface area contributed by atoms with Crippen molar-refractivity contribution in [3.63, 3.8) is 0 Å². The van der Waals surface area contributed by atoms with Gasteiger partial charge in [0, 0.05) is 12.8 Å². The lowest BCUT2D eigenvalue weighted by Gasteiger charge is -2.24. The summed E-state index contributed by atoms with van der Waals surface area (Å²) < 4.78 is 34.5. The second kappa shape index (κ2) is 55.9. The van der Waals surface area contributed by atoms with E-state index in [0.717, 1.165) is 103 Å². The maximum atomic E-state index is 12.8. The van der Waals surface area contributed by atoms with Crippen LogP contribution >= 0.6 is 7.82 Å². The number of likely N-dealkylation sites (N-methyl/N-ethyl adjacent to an activating group) is 1. The van der Waals surface area contributed by atoms with Crippen LogP contribution in [0.4, 0.5) is 0 Å². The molecule has 9 nitrogen and oxygen atoms in total. The standard InChI is InChI=1S/C66H110NO8P/c1-6-8-10-12-14-16-18-20-22-23-24-25-26-27-28-29-30-31-32-33-34-35-36-37-38-39-40-41-42-43-45-47-49-51-53-55-57-59-66(69)75-64(63-74-76(70,71)73-61-60-67(3,4)5)62-72-65(68)58-56-54-52-50-48-46-44-21-19-17-15-13-11-9-7-2/h8-11,14-17,20-22,24-25,27-28,30-31,33-34,44,48,50,64H,6-7,12-13,18-19,23,26,29,32,35-43,45-47,49,51-63H2,1-5H3/p+1/b10-8-,11-9-,16-14-,17-15-,22-20-,25-24-,28-27-,31-30-,34-33-,44-21-,50-48-. The van der Waals surface area contributed by atoms with E-state index in [0.29, 0.717) is 23.9 Å². The molecule has 0 aliphatic heterocycles. The number of phosphoric acid groups is 1. The van der Waals surface area contributed by atoms with Gasteiger partial charge in [-0.2, -0.15) is 0 Å². The van der Waals surface area contributed by atoms with Crippen molar-refractivity contribution in [3.05, 3.63) is 134 Å². The molecule has 10 heteroatoms. The lowest BCUT2D eigenvalue weighted by molar-refractivity contribution is -0.870. The van der Waals surface area contributed by atoms with E-state index in [4.69, 9.17) is 18.5 Å². The van der Waals surface area contributed by atoms with Crippen LogP contribution in [0.5, 0.6) is 0 Å². The lowest BCUT2D eigenvalue weighted by atomic mass is 10.0. The summed E-state index contributed by atoms with van der Waals surface area (Å²) in [6.45, 7) is 4.14. The molecule has 0 spiro atoms. The highest BCUT2D eigenvalue weighted by atomic mass is 31.2. The number of ether oxygens (including phenoxy) is 2. The van der Waals surface area contributed by atoms with Crippen LogP contribution in [-0.4, -0.2) is 74.9 Å². The topological polar surface area (TPSA) is 108 Å². The van der Waals surface area contributed by atoms with Gasteiger partial charge in [-0.1, -0.05) is 231 Å². The molecule has 0 fully saturated rings. The molecule has 0 rings (SSSR count). The zero-order valence-corrected chi connectivity index (χ0v) is 49.8. The molecule has 432 valence electrons. The molecule has 0 radical (unpaired) electrons. The highest BCUT2D eigenvalue weighted by Gasteiger charge is 2.27. The summed E-state index contributed by atoms with van der Waals surface area (Å²) in [5.74, 6) is -0.853. The summed E-state index contributed by atoms with van der Waals surface area (Å²) in [6, 6.07) is 0. The molecule has 2 atom stereocenters. The van der Waals surface area contributed by atoms with Gasteiger partial charge in [0.2, 0.25) is 0 Å². The number of nitrogens with zero attached hydrogens (tertiary/aromatic N) is 1. The SMILES string of the molecule is CC/C=C\C/C=C\C/C=C\C/C=C\C/C=C\C/C=C\C/C=C\CCCCCCCCCCCCCCCCCC(=O)OC(COC(=O)CCCC/C=C\C/C=C\C/C=C\C/C=C\CC)COP(=O)(O)OCC[N+](C)(C)C. The van der Waals surface area contributed by atoms with Crippen LogP contribution in [0.3, 0.4) is 0 Å². The van der Waals surface area contributed by atoms with Gasteiger partial charge in [-0.05, 0) is 109 Å². The smallest absolute Gasteiger partial charge is 0.462 e. The molecule has 0 aromatic rings. The maximum Gasteiger partial charge on any atom is 0.472 e. The number of esters is 2. The summed E-state index contributed by atoms with van der Waals surface area (Å²) in [5.41, 5.74) is 0. The van der Waals surface area contributed by atoms with Crippen molar-refractivity contribution in [2.45, 2.75) is 225 Å². The first-order valence-electron chi connectivity index (χ1n) is 29.9. The van der Waals surface area contributed by atoms with Crippen molar-refractivity contribution < 1.29 is 42.1 Å². The number of quaternary nitrogens is 1. The monoisotopic (exact) mass is 1080 g/mol. The van der Waals surface area contributed by atoms with E-state index >= 15 is 0 Å². The van der Waals surface area contributed by atoms with Gasteiger partial charge in [0.25, 0.3) is 0 Å². The van der Waals surface area contributed by atoms with E-state index in [1.807, 2.05) is 21.1 Å². The summed E-state index contributed by atoms with van der Waals surface area (Å²) in [6.07, 6.45) is 81.2. The molecule has 0 aromatic heterocycles. The highest BCUT2D eigenvalue weighted by molar-refractivity contribution is 7.47. The van der Waals surface area contributed by atoms with Gasteiger partial charge in [0.05, 0.1) is 27.7 Å². The molecule has 0 aliphatic rings. The first-order chi connectivity index (χ1) is 37.0. The molecule has 0 saturated carbocycles. The van der Waals surface area contributed by atoms with E-state index < -0.39 is 32.5 Å². The van der Waals surface area contributed by atoms with Crippen molar-refractivity contribution in [3.8, 4) is 0 Å². The Morgan fingerprint density at radius 2 is 0.711 bits per heavy atom. The zero-order chi connectivity index (χ0) is 55.6. The van der Waals surface area contributed by atoms with Gasteiger partial charge in [0.1, 0.15) is 19.8 Å². The first-order valence-corrected chi connectivity index (χ1v) is 31.4. The van der Waals surface area contributed by atoms with Gasteiger partial charge in [0.15, 0.2) is 6.10 Å². The third-order valence-electron chi connectivity index (χ3n) is 12.2. The quantitative estimate of drug-likeness (QED) is 0.0211. The summed E-state index contributed by atoms with van der Waals surface area (Å²) >= 11 is 0. The Kier molecular flexibility index (Phi) is 53.1. The molecule has 0 saturated heterocycles. The van der Waals surface area contributed by atoms with Crippen LogP contribution < -0.4 is 0 Å². The summed E-state index contributed by atoms with van der Waals surface area (Å²) in [5, 5.41) is 0. The summed E-state index contributed by atoms with van der Waals surface area (Å²) in [7, 11) is 1.44. The summed E-state index contributed by atoms with van der Waals surface area (Å²) in [4.78, 5) is 35.6. The lowest BCUT2D eigenvalue weighted by Crippen LogP contribution is -2.37. The van der Waals surface area contributed by atoms with Crippen LogP contribution in [0.25, 0.3) is 0 Å². The Hall–Kier alpha value is -3.85. The molecule has 0 aliphatic carbocycles. The zero-order valence-electron chi connectivity index (χ0n) is 48.9. The van der Waals surface area contributed by atoms with Crippen LogP contribution in [0, 0.1) is 0 Å². The number of carbonyl (C=O) groups excluding carboxylic acids is 2. The van der Waals surface area contributed by atoms with Crippen molar-refractivity contribution in [1.82, 2.24) is 0 Å². The second-order valence-electron chi connectivity index (χ2n) is 20.6. The number of unbranched alkanes of at least 4 members (excludes halogenated alkanes) is 17. The molecule has 0 amide bonds. The molecule has 76 heavy (non-hydrogen) atoms. The van der Waals surface area contributed by atoms with E-state index in [1.165, 1.54) is 77.0 Å². The number of carbonyl (C=O) groups is 2. The number of allylic oxidation sites excluding steroid dienone is 22. The predicted octanol–water partition coefficient (Wildman–Crippen LogP) is 18.9. The Morgan fingerprint density at radius 3 is 1.08 bits per heavy atom. The van der Waals surface area contributed by atoms with Crippen LogP contribution in [0.1, 0.15) is 219 Å². The molecule has 2 unspecified atom stereocenters. The molecule has 0 aromatic carbocycles. The van der Waals surface area contributed by atoms with Crippen LogP contribution in [0.2, 0.25) is 0 Å².